The van der Waals surface area contributed by atoms with Gasteiger partial charge in [-0.2, -0.15) is 23.4 Å². The Morgan fingerprint density at radius 3 is 2.67 bits per heavy atom. The molecule has 5 rings (SSSR count). The van der Waals surface area contributed by atoms with E-state index in [-0.39, 0.29) is 43.2 Å². The van der Waals surface area contributed by atoms with Gasteiger partial charge in [0, 0.05) is 31.6 Å². The smallest absolute Gasteiger partial charge is 0.355 e. The van der Waals surface area contributed by atoms with Crippen molar-refractivity contribution in [2.45, 2.75) is 77.1 Å². The molecule has 0 aromatic carbocycles. The summed E-state index contributed by atoms with van der Waals surface area (Å²) in [5.74, 6) is -2.75. The fourth-order valence-corrected chi connectivity index (χ4v) is 5.85. The molecule has 1 aliphatic heterocycles. The van der Waals surface area contributed by atoms with Gasteiger partial charge in [0.2, 0.25) is 5.91 Å². The van der Waals surface area contributed by atoms with Crippen molar-refractivity contribution in [3.8, 4) is 0 Å². The molecule has 0 spiro atoms. The number of imidazole rings is 1. The predicted molar refractivity (Wildman–Crippen MR) is 137 cm³/mol. The Morgan fingerprint density at radius 1 is 1.18 bits per heavy atom. The van der Waals surface area contributed by atoms with Gasteiger partial charge in [0.25, 0.3) is 5.91 Å². The van der Waals surface area contributed by atoms with Gasteiger partial charge < -0.3 is 10.6 Å². The number of hydrogen-bond donors (Lipinski definition) is 2. The molecule has 2 fully saturated rings. The molecule has 2 aliphatic rings. The van der Waals surface area contributed by atoms with E-state index >= 15 is 0 Å². The lowest BCUT2D eigenvalue weighted by Crippen LogP contribution is -2.47. The van der Waals surface area contributed by atoms with Crippen LogP contribution in [0.4, 0.5) is 13.2 Å². The zero-order chi connectivity index (χ0) is 27.6. The maximum Gasteiger partial charge on any atom is 0.393 e. The number of carbonyl (C=O) groups excluding carboxylic acids is 2. The molecule has 9 nitrogen and oxygen atoms in total. The fourth-order valence-electron chi connectivity index (χ4n) is 5.85. The highest BCUT2D eigenvalue weighted by Crippen LogP contribution is 2.35. The number of rotatable bonds is 7. The third-order valence-corrected chi connectivity index (χ3v) is 8.00. The lowest BCUT2D eigenvalue weighted by Gasteiger charge is -2.30. The van der Waals surface area contributed by atoms with Crippen molar-refractivity contribution in [1.29, 1.82) is 0 Å². The number of aryl methyl sites for hydroxylation is 1. The van der Waals surface area contributed by atoms with Crippen LogP contribution in [-0.4, -0.2) is 48.9 Å². The molecule has 3 aromatic heterocycles. The first-order valence-corrected chi connectivity index (χ1v) is 13.7. The monoisotopic (exact) mass is 545 g/mol. The van der Waals surface area contributed by atoms with Crippen LogP contribution in [0.15, 0.2) is 30.6 Å². The van der Waals surface area contributed by atoms with E-state index in [1.54, 1.807) is 39.8 Å². The van der Waals surface area contributed by atoms with Crippen LogP contribution in [0.3, 0.4) is 0 Å². The van der Waals surface area contributed by atoms with E-state index < -0.39 is 18.0 Å². The van der Waals surface area contributed by atoms with Crippen LogP contribution in [0.5, 0.6) is 0 Å². The highest BCUT2D eigenvalue weighted by atomic mass is 19.4. The van der Waals surface area contributed by atoms with Crippen molar-refractivity contribution in [2.24, 2.45) is 17.8 Å². The first kappa shape index (κ1) is 27.1. The molecule has 39 heavy (non-hydrogen) atoms. The van der Waals surface area contributed by atoms with Gasteiger partial charge in [-0.15, -0.1) is 0 Å². The van der Waals surface area contributed by atoms with Crippen molar-refractivity contribution in [2.75, 3.05) is 6.54 Å². The van der Waals surface area contributed by atoms with E-state index in [1.165, 1.54) is 12.8 Å². The van der Waals surface area contributed by atoms with Crippen molar-refractivity contribution in [3.63, 3.8) is 0 Å². The summed E-state index contributed by atoms with van der Waals surface area (Å²) < 4.78 is 43.0. The zero-order valence-electron chi connectivity index (χ0n) is 22.0. The van der Waals surface area contributed by atoms with Crippen LogP contribution in [0, 0.1) is 17.8 Å². The van der Waals surface area contributed by atoms with Crippen LogP contribution < -0.4 is 10.6 Å². The van der Waals surface area contributed by atoms with Crippen molar-refractivity contribution in [3.05, 3.63) is 47.7 Å². The highest BCUT2D eigenvalue weighted by Gasteiger charge is 2.44. The van der Waals surface area contributed by atoms with E-state index in [0.717, 1.165) is 25.7 Å². The van der Waals surface area contributed by atoms with E-state index in [9.17, 15) is 22.8 Å². The molecule has 3 atom stereocenters. The zero-order valence-corrected chi connectivity index (χ0v) is 22.0. The largest absolute Gasteiger partial charge is 0.393 e. The summed E-state index contributed by atoms with van der Waals surface area (Å²) in [6.07, 6.45) is 5.34. The second-order valence-corrected chi connectivity index (χ2v) is 10.6. The van der Waals surface area contributed by atoms with Gasteiger partial charge in [0.15, 0.2) is 5.65 Å². The summed E-state index contributed by atoms with van der Waals surface area (Å²) in [5.41, 5.74) is 2.26. The maximum absolute atomic E-state index is 13.3. The summed E-state index contributed by atoms with van der Waals surface area (Å²) in [4.78, 5) is 30.4. The molecule has 0 bridgehead atoms. The standard InChI is InChI=1S/C27H34F3N7O2/c1-2-36-22(11-12-32-36)26(39)34-24(17-7-5-3-4-6-8-17)21-16-37-23(33-21)10-9-20(35-37)14-18-13-19(27(28,29)30)15-31-25(18)38/h9-12,16-19,24H,2-8,13-15H2,1H3,(H,31,38)(H,34,39)/t18?,19?,24-/m0/s1. The van der Waals surface area contributed by atoms with Gasteiger partial charge in [0.05, 0.1) is 29.5 Å². The SMILES string of the molecule is CCn1nccc1C(=O)N[C@H](c1cn2nc(CC3CC(C(F)(F)F)CNC3=O)ccc2n1)C1CCCCCC1. The quantitative estimate of drug-likeness (QED) is 0.432. The number of hydrogen-bond acceptors (Lipinski definition) is 5. The Hall–Kier alpha value is -3.44. The number of piperidine rings is 1. The van der Waals surface area contributed by atoms with Gasteiger partial charge in [-0.25, -0.2) is 9.50 Å². The van der Waals surface area contributed by atoms with Crippen molar-refractivity contribution in [1.82, 2.24) is 35.0 Å². The van der Waals surface area contributed by atoms with Crippen LogP contribution in [0.2, 0.25) is 0 Å². The number of alkyl halides is 3. The van der Waals surface area contributed by atoms with Crippen LogP contribution in [-0.2, 0) is 17.8 Å². The minimum atomic E-state index is -4.35. The lowest BCUT2D eigenvalue weighted by atomic mass is 9.86. The summed E-state index contributed by atoms with van der Waals surface area (Å²) in [6, 6.07) is 4.84. The van der Waals surface area contributed by atoms with Gasteiger partial charge in [-0.1, -0.05) is 25.7 Å². The number of nitrogens with one attached hydrogen (secondary N) is 2. The molecule has 210 valence electrons. The maximum atomic E-state index is 13.3. The van der Waals surface area contributed by atoms with Gasteiger partial charge in [-0.3, -0.25) is 14.3 Å². The summed E-state index contributed by atoms with van der Waals surface area (Å²) in [5, 5.41) is 14.4. The van der Waals surface area contributed by atoms with E-state index in [0.29, 0.717) is 29.3 Å². The summed E-state index contributed by atoms with van der Waals surface area (Å²) >= 11 is 0. The Bertz CT molecular complexity index is 1310. The second kappa shape index (κ2) is 11.4. The molecular weight excluding hydrogens is 511 g/mol. The van der Waals surface area contributed by atoms with Gasteiger partial charge in [-0.05, 0) is 50.3 Å². The molecule has 1 aliphatic carbocycles. The summed E-state index contributed by atoms with van der Waals surface area (Å²) in [6.45, 7) is 2.12. The lowest BCUT2D eigenvalue weighted by molar-refractivity contribution is -0.183. The number of amides is 2. The first-order valence-electron chi connectivity index (χ1n) is 13.7. The number of aromatic nitrogens is 5. The van der Waals surface area contributed by atoms with E-state index in [1.807, 2.05) is 6.92 Å². The first-order chi connectivity index (χ1) is 18.7. The average Bonchev–Trinajstić information content (AvgIpc) is 3.47. The topological polar surface area (TPSA) is 106 Å². The average molecular weight is 546 g/mol. The van der Waals surface area contributed by atoms with E-state index in [4.69, 9.17) is 4.98 Å². The molecule has 2 unspecified atom stereocenters. The molecule has 12 heteroatoms. The molecule has 1 saturated heterocycles. The fraction of sp³-hybridized carbons (Fsp3) is 0.593. The van der Waals surface area contributed by atoms with E-state index in [2.05, 4.69) is 20.8 Å². The Labute approximate surface area is 224 Å². The number of fused-ring (bicyclic) bond motifs is 1. The van der Waals surface area contributed by atoms with Crippen LogP contribution in [0.1, 0.15) is 79.8 Å². The molecule has 3 aromatic rings. The Morgan fingerprint density at radius 2 is 1.95 bits per heavy atom. The van der Waals surface area contributed by atoms with Gasteiger partial charge in [0.1, 0.15) is 5.69 Å². The third-order valence-electron chi connectivity index (χ3n) is 8.00. The minimum Gasteiger partial charge on any atom is -0.355 e. The van der Waals surface area contributed by atoms with Crippen molar-refractivity contribution >= 4 is 17.5 Å². The third kappa shape index (κ3) is 6.09. The molecule has 4 heterocycles. The minimum absolute atomic E-state index is 0.103. The molecular formula is C27H34F3N7O2. The van der Waals surface area contributed by atoms with Crippen molar-refractivity contribution < 1.29 is 22.8 Å². The summed E-state index contributed by atoms with van der Waals surface area (Å²) in [7, 11) is 0. The number of carbonyl (C=O) groups is 2. The van der Waals surface area contributed by atoms with Gasteiger partial charge >= 0.3 is 6.18 Å². The molecule has 1 saturated carbocycles. The molecule has 2 N–H and O–H groups in total. The number of nitrogens with zero attached hydrogens (tertiary/aromatic N) is 5. The number of halogens is 3. The molecule has 2 amide bonds. The van der Waals surface area contributed by atoms with Crippen LogP contribution >= 0.6 is 0 Å². The molecule has 0 radical (unpaired) electrons. The Kier molecular flexibility index (Phi) is 7.90. The predicted octanol–water partition coefficient (Wildman–Crippen LogP) is 4.24. The van der Waals surface area contributed by atoms with Crippen LogP contribution in [0.25, 0.3) is 5.65 Å². The highest BCUT2D eigenvalue weighted by molar-refractivity contribution is 5.92. The second-order valence-electron chi connectivity index (χ2n) is 10.6. The normalized spacial score (nSPS) is 21.9. The Balaban J connectivity index is 1.39.